The zero-order chi connectivity index (χ0) is 17.6. The number of hydrogen-bond acceptors (Lipinski definition) is 3. The van der Waals surface area contributed by atoms with E-state index in [1.807, 2.05) is 42.1 Å². The van der Waals surface area contributed by atoms with Gasteiger partial charge in [0.25, 0.3) is 0 Å². The number of aromatic nitrogens is 2. The van der Waals surface area contributed by atoms with Gasteiger partial charge >= 0.3 is 0 Å². The lowest BCUT2D eigenvalue weighted by Gasteiger charge is -2.08. The van der Waals surface area contributed by atoms with E-state index in [1.54, 1.807) is 0 Å². The van der Waals surface area contributed by atoms with Crippen LogP contribution in [0.25, 0.3) is 10.9 Å². The molecule has 5 nitrogen and oxygen atoms in total. The zero-order valence-electron chi connectivity index (χ0n) is 14.7. The van der Waals surface area contributed by atoms with Gasteiger partial charge < -0.3 is 10.1 Å². The molecule has 3 aromatic rings. The lowest BCUT2D eigenvalue weighted by Crippen LogP contribution is -2.24. The van der Waals surface area contributed by atoms with Crippen LogP contribution in [0.1, 0.15) is 24.5 Å². The number of ether oxygens (including phenoxy) is 1. The van der Waals surface area contributed by atoms with Crippen LogP contribution in [0.5, 0.6) is 5.75 Å². The molecular formula is C20H23N3O2. The lowest BCUT2D eigenvalue weighted by atomic mass is 10.2. The van der Waals surface area contributed by atoms with Crippen molar-refractivity contribution in [1.29, 1.82) is 0 Å². The summed E-state index contributed by atoms with van der Waals surface area (Å²) in [5.41, 5.74) is 3.31. The van der Waals surface area contributed by atoms with Gasteiger partial charge in [-0.15, -0.1) is 0 Å². The topological polar surface area (TPSA) is 56.1 Å². The normalized spacial score (nSPS) is 10.8. The van der Waals surface area contributed by atoms with Gasteiger partial charge in [-0.1, -0.05) is 24.3 Å². The predicted octanol–water partition coefficient (Wildman–Crippen LogP) is 3.45. The van der Waals surface area contributed by atoms with Gasteiger partial charge in [-0.2, -0.15) is 5.10 Å². The minimum Gasteiger partial charge on any atom is -0.494 e. The molecule has 0 radical (unpaired) electrons. The third-order valence-electron chi connectivity index (χ3n) is 4.07. The highest BCUT2D eigenvalue weighted by Gasteiger charge is 2.06. The molecule has 0 aliphatic rings. The Morgan fingerprint density at radius 2 is 2.00 bits per heavy atom. The van der Waals surface area contributed by atoms with E-state index in [-0.39, 0.29) is 5.91 Å². The van der Waals surface area contributed by atoms with Crippen molar-refractivity contribution in [3.8, 4) is 5.75 Å². The van der Waals surface area contributed by atoms with Crippen LogP contribution >= 0.6 is 0 Å². The Bertz CT molecular complexity index is 853. The first-order valence-electron chi connectivity index (χ1n) is 8.56. The minimum atomic E-state index is 0.0187. The predicted molar refractivity (Wildman–Crippen MR) is 98.5 cm³/mol. The second kappa shape index (κ2) is 7.83. The summed E-state index contributed by atoms with van der Waals surface area (Å²) in [7, 11) is 0. The molecule has 0 saturated heterocycles. The van der Waals surface area contributed by atoms with Crippen molar-refractivity contribution >= 4 is 16.8 Å². The van der Waals surface area contributed by atoms with Gasteiger partial charge in [-0.05, 0) is 43.2 Å². The van der Waals surface area contributed by atoms with Crippen molar-refractivity contribution in [3.63, 3.8) is 0 Å². The minimum absolute atomic E-state index is 0.0187. The Labute approximate surface area is 147 Å². The number of rotatable bonds is 7. The third kappa shape index (κ3) is 4.38. The van der Waals surface area contributed by atoms with Gasteiger partial charge in [-0.25, -0.2) is 0 Å². The molecule has 0 aliphatic carbocycles. The molecule has 5 heteroatoms. The molecule has 0 spiro atoms. The highest BCUT2D eigenvalue weighted by molar-refractivity contribution is 5.80. The quantitative estimate of drug-likeness (QED) is 0.718. The Hall–Kier alpha value is -2.82. The van der Waals surface area contributed by atoms with E-state index in [0.29, 0.717) is 26.1 Å². The summed E-state index contributed by atoms with van der Waals surface area (Å²) < 4.78 is 7.30. The number of benzene rings is 2. The van der Waals surface area contributed by atoms with E-state index in [9.17, 15) is 4.79 Å². The van der Waals surface area contributed by atoms with Gasteiger partial charge in [-0.3, -0.25) is 9.48 Å². The summed E-state index contributed by atoms with van der Waals surface area (Å²) in [6, 6.07) is 14.0. The summed E-state index contributed by atoms with van der Waals surface area (Å²) in [5, 5.41) is 8.43. The highest BCUT2D eigenvalue weighted by Crippen LogP contribution is 2.16. The Kier molecular flexibility index (Phi) is 5.33. The third-order valence-corrected chi connectivity index (χ3v) is 4.07. The maximum Gasteiger partial charge on any atom is 0.222 e. The van der Waals surface area contributed by atoms with Crippen molar-refractivity contribution in [2.24, 2.45) is 0 Å². The number of nitrogens with zero attached hydrogens (tertiary/aromatic N) is 2. The summed E-state index contributed by atoms with van der Waals surface area (Å²) >= 11 is 0. The largest absolute Gasteiger partial charge is 0.494 e. The van der Waals surface area contributed by atoms with Crippen LogP contribution in [-0.4, -0.2) is 22.3 Å². The smallest absolute Gasteiger partial charge is 0.222 e. The molecule has 0 fully saturated rings. The molecule has 25 heavy (non-hydrogen) atoms. The van der Waals surface area contributed by atoms with E-state index in [1.165, 1.54) is 5.56 Å². The van der Waals surface area contributed by atoms with E-state index in [4.69, 9.17) is 4.74 Å². The number of fused-ring (bicyclic) bond motifs is 1. The molecule has 1 amide bonds. The van der Waals surface area contributed by atoms with Crippen LogP contribution in [0.4, 0.5) is 0 Å². The lowest BCUT2D eigenvalue weighted by molar-refractivity contribution is -0.121. The molecule has 3 rings (SSSR count). The van der Waals surface area contributed by atoms with Gasteiger partial charge in [0.1, 0.15) is 5.75 Å². The summed E-state index contributed by atoms with van der Waals surface area (Å²) in [4.78, 5) is 12.1. The number of carbonyl (C=O) groups excluding carboxylic acids is 1. The molecular weight excluding hydrogens is 314 g/mol. The fourth-order valence-electron chi connectivity index (χ4n) is 2.73. The average Bonchev–Trinajstić information content (AvgIpc) is 3.02. The van der Waals surface area contributed by atoms with E-state index in [2.05, 4.69) is 35.5 Å². The molecule has 0 saturated carbocycles. The van der Waals surface area contributed by atoms with Crippen LogP contribution < -0.4 is 10.1 Å². The Morgan fingerprint density at radius 3 is 2.76 bits per heavy atom. The first-order valence-corrected chi connectivity index (χ1v) is 8.56. The Balaban J connectivity index is 1.51. The number of nitrogens with one attached hydrogen (secondary N) is 1. The highest BCUT2D eigenvalue weighted by atomic mass is 16.5. The van der Waals surface area contributed by atoms with E-state index in [0.717, 1.165) is 22.2 Å². The summed E-state index contributed by atoms with van der Waals surface area (Å²) in [5.74, 6) is 0.864. The van der Waals surface area contributed by atoms with Gasteiger partial charge in [0.15, 0.2) is 0 Å². The van der Waals surface area contributed by atoms with Gasteiger partial charge in [0.2, 0.25) is 5.91 Å². The molecule has 0 atom stereocenters. The van der Waals surface area contributed by atoms with Crippen LogP contribution in [0.3, 0.4) is 0 Å². The van der Waals surface area contributed by atoms with Crippen LogP contribution in [0, 0.1) is 6.92 Å². The number of amides is 1. The van der Waals surface area contributed by atoms with E-state index >= 15 is 0 Å². The van der Waals surface area contributed by atoms with Crippen molar-refractivity contribution in [3.05, 3.63) is 59.8 Å². The Morgan fingerprint density at radius 1 is 1.20 bits per heavy atom. The SMILES string of the molecule is CCOc1ccc(CNC(=O)CCn2ncc3ccc(C)cc32)cc1. The van der Waals surface area contributed by atoms with Crippen molar-refractivity contribution in [2.45, 2.75) is 33.4 Å². The summed E-state index contributed by atoms with van der Waals surface area (Å²) in [6.45, 7) is 5.75. The second-order valence-electron chi connectivity index (χ2n) is 6.03. The van der Waals surface area contributed by atoms with E-state index < -0.39 is 0 Å². The molecule has 2 aromatic carbocycles. The zero-order valence-corrected chi connectivity index (χ0v) is 14.7. The van der Waals surface area contributed by atoms with Crippen LogP contribution in [0.2, 0.25) is 0 Å². The van der Waals surface area contributed by atoms with Crippen molar-refractivity contribution in [2.75, 3.05) is 6.61 Å². The molecule has 1 aromatic heterocycles. The first kappa shape index (κ1) is 17.0. The molecule has 1 heterocycles. The van der Waals surface area contributed by atoms with Crippen LogP contribution in [-0.2, 0) is 17.9 Å². The molecule has 0 unspecified atom stereocenters. The standard InChI is InChI=1S/C20H23N3O2/c1-3-25-18-8-5-16(6-9-18)13-21-20(24)10-11-23-19-12-15(2)4-7-17(19)14-22-23/h4-9,12,14H,3,10-11,13H2,1-2H3,(H,21,24). The summed E-state index contributed by atoms with van der Waals surface area (Å²) in [6.07, 6.45) is 2.24. The average molecular weight is 337 g/mol. The molecule has 0 aliphatic heterocycles. The number of carbonyl (C=O) groups is 1. The molecule has 0 bridgehead atoms. The van der Waals surface area contributed by atoms with Crippen molar-refractivity contribution in [1.82, 2.24) is 15.1 Å². The molecule has 130 valence electrons. The maximum absolute atomic E-state index is 12.1. The van der Waals surface area contributed by atoms with Crippen LogP contribution in [0.15, 0.2) is 48.7 Å². The number of hydrogen-bond donors (Lipinski definition) is 1. The molecule has 1 N–H and O–H groups in total. The number of aryl methyl sites for hydroxylation is 2. The fraction of sp³-hybridized carbons (Fsp3) is 0.300. The van der Waals surface area contributed by atoms with Gasteiger partial charge in [0, 0.05) is 18.4 Å². The second-order valence-corrected chi connectivity index (χ2v) is 6.03. The fourth-order valence-corrected chi connectivity index (χ4v) is 2.73. The maximum atomic E-state index is 12.1. The first-order chi connectivity index (χ1) is 12.2. The van der Waals surface area contributed by atoms with Crippen molar-refractivity contribution < 1.29 is 9.53 Å². The monoisotopic (exact) mass is 337 g/mol. The van der Waals surface area contributed by atoms with Gasteiger partial charge in [0.05, 0.1) is 24.9 Å².